The molecule has 1 amide bonds. The van der Waals surface area contributed by atoms with Crippen LogP contribution in [0.1, 0.15) is 42.0 Å². The van der Waals surface area contributed by atoms with Crippen molar-refractivity contribution in [2.24, 2.45) is 0 Å². The molecule has 0 spiro atoms. The Balaban J connectivity index is 1.53. The fourth-order valence-electron chi connectivity index (χ4n) is 4.82. The molecule has 2 aliphatic rings. The van der Waals surface area contributed by atoms with Crippen LogP contribution in [-0.2, 0) is 9.59 Å². The molecule has 0 unspecified atom stereocenters. The molecule has 0 radical (unpaired) electrons. The molecular formula is C27H22F2N2O2S. The van der Waals surface area contributed by atoms with Crippen LogP contribution in [0.4, 0.5) is 14.5 Å². The maximum absolute atomic E-state index is 14.2. The fraction of sp³-hybridized carbons (Fsp3) is 0.185. The molecule has 1 aromatic heterocycles. The van der Waals surface area contributed by atoms with Crippen LogP contribution in [0, 0.1) is 11.6 Å². The van der Waals surface area contributed by atoms with Crippen molar-refractivity contribution in [2.45, 2.75) is 31.6 Å². The van der Waals surface area contributed by atoms with Crippen LogP contribution in [0.5, 0.6) is 0 Å². The van der Waals surface area contributed by atoms with E-state index in [1.165, 1.54) is 17.4 Å². The summed E-state index contributed by atoms with van der Waals surface area (Å²) < 4.78 is 27.6. The largest absolute Gasteiger partial charge is 0.362 e. The first-order valence-electron chi connectivity index (χ1n) is 11.0. The molecule has 0 fully saturated rings. The number of dihydropyridines is 1. The summed E-state index contributed by atoms with van der Waals surface area (Å²) in [5.41, 5.74) is 3.37. The third-order valence-electron chi connectivity index (χ3n) is 6.35. The van der Waals surface area contributed by atoms with Crippen molar-refractivity contribution < 1.29 is 18.4 Å². The molecule has 4 nitrogen and oxygen atoms in total. The van der Waals surface area contributed by atoms with E-state index in [2.05, 4.69) is 10.6 Å². The van der Waals surface area contributed by atoms with E-state index >= 15 is 0 Å². The standard InChI is InChI=1S/C27H22F2N2O2S/c1-15-24(27(33)31-20-10-9-18(28)14-19(20)29)26(23-8-5-11-34-23)25-21(30-15)12-17(13-22(25)32)16-6-3-2-4-7-16/h2-11,14,17,26,30H,12-13H2,1H3,(H,31,33)/t17-,26-/m0/s1. The summed E-state index contributed by atoms with van der Waals surface area (Å²) >= 11 is 1.47. The summed E-state index contributed by atoms with van der Waals surface area (Å²) in [5, 5.41) is 7.78. The van der Waals surface area contributed by atoms with E-state index in [1.54, 1.807) is 6.92 Å². The first kappa shape index (κ1) is 22.2. The third kappa shape index (κ3) is 4.07. The number of ketones is 1. The lowest BCUT2D eigenvalue weighted by Gasteiger charge is -2.36. The lowest BCUT2D eigenvalue weighted by molar-refractivity contribution is -0.116. The number of hydrogen-bond donors (Lipinski definition) is 2. The first-order chi connectivity index (χ1) is 16.4. The molecule has 34 heavy (non-hydrogen) atoms. The number of carbonyl (C=O) groups is 2. The number of carbonyl (C=O) groups excluding carboxylic acids is 2. The number of nitrogens with one attached hydrogen (secondary N) is 2. The first-order valence-corrected chi connectivity index (χ1v) is 11.9. The number of amides is 1. The van der Waals surface area contributed by atoms with Gasteiger partial charge in [-0.1, -0.05) is 36.4 Å². The smallest absolute Gasteiger partial charge is 0.254 e. The Hall–Kier alpha value is -3.58. The average molecular weight is 477 g/mol. The Bertz CT molecular complexity index is 1330. The number of benzene rings is 2. The zero-order valence-electron chi connectivity index (χ0n) is 18.4. The van der Waals surface area contributed by atoms with Crippen LogP contribution < -0.4 is 10.6 Å². The Morgan fingerprint density at radius 2 is 1.85 bits per heavy atom. The summed E-state index contributed by atoms with van der Waals surface area (Å²) in [4.78, 5) is 27.7. The molecule has 2 aromatic carbocycles. The molecular weight excluding hydrogens is 454 g/mol. The number of halogens is 2. The summed E-state index contributed by atoms with van der Waals surface area (Å²) in [6, 6.07) is 16.7. The van der Waals surface area contributed by atoms with Gasteiger partial charge in [0.15, 0.2) is 5.78 Å². The van der Waals surface area contributed by atoms with Crippen molar-refractivity contribution in [3.63, 3.8) is 0 Å². The summed E-state index contributed by atoms with van der Waals surface area (Å²) in [7, 11) is 0. The zero-order valence-corrected chi connectivity index (χ0v) is 19.2. The van der Waals surface area contributed by atoms with E-state index in [9.17, 15) is 18.4 Å². The number of Topliss-reactive ketones (excluding diaryl/α,β-unsaturated/α-hetero) is 1. The fourth-order valence-corrected chi connectivity index (χ4v) is 5.66. The Morgan fingerprint density at radius 1 is 1.06 bits per heavy atom. The normalized spacial score (nSPS) is 20.1. The Labute approximate surface area is 200 Å². The lowest BCUT2D eigenvalue weighted by Crippen LogP contribution is -2.36. The van der Waals surface area contributed by atoms with Crippen LogP contribution in [-0.4, -0.2) is 11.7 Å². The summed E-state index contributed by atoms with van der Waals surface area (Å²) in [5.74, 6) is -2.62. The molecule has 5 rings (SSSR count). The van der Waals surface area contributed by atoms with E-state index < -0.39 is 23.5 Å². The lowest BCUT2D eigenvalue weighted by atomic mass is 9.73. The van der Waals surface area contributed by atoms with Gasteiger partial charge in [-0.3, -0.25) is 9.59 Å². The van der Waals surface area contributed by atoms with Crippen LogP contribution in [0.2, 0.25) is 0 Å². The Kier molecular flexibility index (Phi) is 5.87. The van der Waals surface area contributed by atoms with Gasteiger partial charge in [-0.25, -0.2) is 8.78 Å². The minimum Gasteiger partial charge on any atom is -0.362 e. The minimum absolute atomic E-state index is 0.00762. The molecule has 172 valence electrons. The second kappa shape index (κ2) is 8.99. The van der Waals surface area contributed by atoms with Crippen molar-refractivity contribution in [2.75, 3.05) is 5.32 Å². The van der Waals surface area contributed by atoms with E-state index in [0.29, 0.717) is 29.7 Å². The third-order valence-corrected chi connectivity index (χ3v) is 7.29. The van der Waals surface area contributed by atoms with Crippen molar-refractivity contribution >= 4 is 28.7 Å². The van der Waals surface area contributed by atoms with Crippen molar-refractivity contribution in [3.8, 4) is 0 Å². The molecule has 1 aliphatic carbocycles. The molecule has 1 aliphatic heterocycles. The SMILES string of the molecule is CC1=C(C(=O)Nc2ccc(F)cc2F)[C@H](c2cccs2)C2=C(C[C@H](c3ccccc3)CC2=O)N1. The second-order valence-electron chi connectivity index (χ2n) is 8.52. The van der Waals surface area contributed by atoms with Crippen molar-refractivity contribution in [3.05, 3.63) is 111 Å². The highest BCUT2D eigenvalue weighted by molar-refractivity contribution is 7.10. The van der Waals surface area contributed by atoms with Gasteiger partial charge in [0.2, 0.25) is 0 Å². The van der Waals surface area contributed by atoms with Gasteiger partial charge in [0.1, 0.15) is 11.6 Å². The van der Waals surface area contributed by atoms with Gasteiger partial charge < -0.3 is 10.6 Å². The molecule has 0 bridgehead atoms. The topological polar surface area (TPSA) is 58.2 Å². The van der Waals surface area contributed by atoms with Crippen molar-refractivity contribution in [1.29, 1.82) is 0 Å². The van der Waals surface area contributed by atoms with Crippen LogP contribution in [0.25, 0.3) is 0 Å². The number of allylic oxidation sites excluding steroid dienone is 3. The monoisotopic (exact) mass is 476 g/mol. The zero-order chi connectivity index (χ0) is 23.8. The molecule has 2 atom stereocenters. The number of anilines is 1. The molecule has 3 aromatic rings. The van der Waals surface area contributed by atoms with Gasteiger partial charge >= 0.3 is 0 Å². The van der Waals surface area contributed by atoms with Gasteiger partial charge in [0.05, 0.1) is 11.6 Å². The highest BCUT2D eigenvalue weighted by Crippen LogP contribution is 2.46. The molecule has 0 saturated carbocycles. The predicted molar refractivity (Wildman–Crippen MR) is 128 cm³/mol. The molecule has 7 heteroatoms. The average Bonchev–Trinajstić information content (AvgIpc) is 3.35. The van der Waals surface area contributed by atoms with Gasteiger partial charge in [-0.2, -0.15) is 0 Å². The Morgan fingerprint density at radius 3 is 2.56 bits per heavy atom. The van der Waals surface area contributed by atoms with Gasteiger partial charge in [-0.05, 0) is 48.4 Å². The van der Waals surface area contributed by atoms with E-state index in [-0.39, 0.29) is 17.4 Å². The number of thiophene rings is 1. The molecule has 0 saturated heterocycles. The van der Waals surface area contributed by atoms with E-state index in [1.807, 2.05) is 47.8 Å². The maximum atomic E-state index is 14.2. The molecule has 2 N–H and O–H groups in total. The van der Waals surface area contributed by atoms with Gasteiger partial charge in [0.25, 0.3) is 5.91 Å². The maximum Gasteiger partial charge on any atom is 0.254 e. The van der Waals surface area contributed by atoms with Gasteiger partial charge in [0, 0.05) is 39.9 Å². The second-order valence-corrected chi connectivity index (χ2v) is 9.50. The predicted octanol–water partition coefficient (Wildman–Crippen LogP) is 6.03. The van der Waals surface area contributed by atoms with E-state index in [0.717, 1.165) is 28.3 Å². The van der Waals surface area contributed by atoms with Crippen LogP contribution in [0.3, 0.4) is 0 Å². The van der Waals surface area contributed by atoms with Crippen molar-refractivity contribution in [1.82, 2.24) is 5.32 Å². The quantitative estimate of drug-likeness (QED) is 0.484. The van der Waals surface area contributed by atoms with Crippen LogP contribution in [0.15, 0.2) is 88.6 Å². The van der Waals surface area contributed by atoms with E-state index in [4.69, 9.17) is 0 Å². The van der Waals surface area contributed by atoms with Gasteiger partial charge in [-0.15, -0.1) is 11.3 Å². The minimum atomic E-state index is -0.859. The number of rotatable bonds is 4. The summed E-state index contributed by atoms with van der Waals surface area (Å²) in [6.07, 6.45) is 1.01. The highest BCUT2D eigenvalue weighted by atomic mass is 32.1. The number of hydrogen-bond acceptors (Lipinski definition) is 4. The van der Waals surface area contributed by atoms with Crippen LogP contribution >= 0.6 is 11.3 Å². The molecule has 2 heterocycles. The highest BCUT2D eigenvalue weighted by Gasteiger charge is 2.41. The summed E-state index contributed by atoms with van der Waals surface area (Å²) in [6.45, 7) is 1.79.